The van der Waals surface area contributed by atoms with Gasteiger partial charge in [0.05, 0.1) is 5.56 Å². The maximum absolute atomic E-state index is 11.8. The maximum Gasteiger partial charge on any atom is 0.253 e. The number of rotatable bonds is 6. The lowest BCUT2D eigenvalue weighted by molar-refractivity contribution is 0.0954. The number of benzene rings is 1. The van der Waals surface area contributed by atoms with Gasteiger partial charge in [-0.25, -0.2) is 0 Å². The third-order valence-electron chi connectivity index (χ3n) is 2.57. The topological polar surface area (TPSA) is 55.1 Å². The van der Waals surface area contributed by atoms with Gasteiger partial charge in [0.1, 0.15) is 0 Å². The summed E-state index contributed by atoms with van der Waals surface area (Å²) in [6, 6.07) is 4.91. The van der Waals surface area contributed by atoms with Gasteiger partial charge >= 0.3 is 0 Å². The highest BCUT2D eigenvalue weighted by molar-refractivity contribution is 6.31. The molecule has 0 unspecified atom stereocenters. The van der Waals surface area contributed by atoms with Crippen molar-refractivity contribution in [1.29, 1.82) is 0 Å². The zero-order valence-electron chi connectivity index (χ0n) is 10.1. The number of halogens is 1. The standard InChI is InChI=1S/C13H19ClN2O/c1-2-3-4-5-8-16-13(17)11-7-6-10(14)9-12(11)15/h6-7,9H,2-5,8,15H2,1H3,(H,16,17). The van der Waals surface area contributed by atoms with Crippen LogP contribution in [0.1, 0.15) is 43.0 Å². The van der Waals surface area contributed by atoms with Gasteiger partial charge in [0.15, 0.2) is 0 Å². The first-order chi connectivity index (χ1) is 8.15. The molecule has 3 nitrogen and oxygen atoms in total. The van der Waals surface area contributed by atoms with Crippen molar-refractivity contribution in [3.05, 3.63) is 28.8 Å². The van der Waals surface area contributed by atoms with Gasteiger partial charge in [-0.3, -0.25) is 4.79 Å². The van der Waals surface area contributed by atoms with Crippen LogP contribution in [-0.4, -0.2) is 12.5 Å². The van der Waals surface area contributed by atoms with Crippen LogP contribution < -0.4 is 11.1 Å². The number of hydrogen-bond donors (Lipinski definition) is 2. The molecule has 1 rings (SSSR count). The molecule has 0 atom stereocenters. The Hall–Kier alpha value is -1.22. The van der Waals surface area contributed by atoms with E-state index in [2.05, 4.69) is 12.2 Å². The summed E-state index contributed by atoms with van der Waals surface area (Å²) in [5, 5.41) is 3.40. The van der Waals surface area contributed by atoms with Crippen LogP contribution in [0.15, 0.2) is 18.2 Å². The summed E-state index contributed by atoms with van der Waals surface area (Å²) in [6.45, 7) is 2.86. The third-order valence-corrected chi connectivity index (χ3v) is 2.81. The Bertz CT molecular complexity index is 380. The van der Waals surface area contributed by atoms with Crippen molar-refractivity contribution in [3.8, 4) is 0 Å². The Labute approximate surface area is 107 Å². The van der Waals surface area contributed by atoms with Crippen molar-refractivity contribution in [2.45, 2.75) is 32.6 Å². The van der Waals surface area contributed by atoms with E-state index in [4.69, 9.17) is 17.3 Å². The second kappa shape index (κ2) is 7.17. The summed E-state index contributed by atoms with van der Waals surface area (Å²) in [5.41, 5.74) is 6.64. The number of nitrogens with one attached hydrogen (secondary N) is 1. The van der Waals surface area contributed by atoms with Gasteiger partial charge in [-0.1, -0.05) is 37.8 Å². The fourth-order valence-corrected chi connectivity index (χ4v) is 1.77. The Morgan fingerprint density at radius 1 is 1.35 bits per heavy atom. The summed E-state index contributed by atoms with van der Waals surface area (Å²) < 4.78 is 0. The van der Waals surface area contributed by atoms with Gasteiger partial charge < -0.3 is 11.1 Å². The number of carbonyl (C=O) groups is 1. The van der Waals surface area contributed by atoms with E-state index in [0.717, 1.165) is 12.8 Å². The van der Waals surface area contributed by atoms with Crippen molar-refractivity contribution in [2.24, 2.45) is 0 Å². The van der Waals surface area contributed by atoms with Gasteiger partial charge in [-0.05, 0) is 24.6 Å². The van der Waals surface area contributed by atoms with E-state index in [1.807, 2.05) is 0 Å². The highest BCUT2D eigenvalue weighted by Gasteiger charge is 2.08. The number of carbonyl (C=O) groups excluding carboxylic acids is 1. The van der Waals surface area contributed by atoms with Crippen LogP contribution in [0.3, 0.4) is 0 Å². The summed E-state index contributed by atoms with van der Waals surface area (Å²) in [7, 11) is 0. The average molecular weight is 255 g/mol. The third kappa shape index (κ3) is 4.65. The van der Waals surface area contributed by atoms with E-state index in [0.29, 0.717) is 22.8 Å². The average Bonchev–Trinajstić information content (AvgIpc) is 2.28. The fourth-order valence-electron chi connectivity index (χ4n) is 1.59. The fraction of sp³-hybridized carbons (Fsp3) is 0.462. The number of anilines is 1. The molecule has 1 aromatic carbocycles. The molecular formula is C13H19ClN2O. The van der Waals surface area contributed by atoms with Crippen molar-refractivity contribution < 1.29 is 4.79 Å². The molecule has 0 spiro atoms. The molecule has 1 amide bonds. The Morgan fingerprint density at radius 3 is 2.76 bits per heavy atom. The lowest BCUT2D eigenvalue weighted by Gasteiger charge is -2.07. The maximum atomic E-state index is 11.8. The first kappa shape index (κ1) is 13.8. The Kier molecular flexibility index (Phi) is 5.84. The number of nitrogen functional groups attached to an aromatic ring is 1. The first-order valence-corrected chi connectivity index (χ1v) is 6.36. The van der Waals surface area contributed by atoms with Crippen LogP contribution >= 0.6 is 11.6 Å². The summed E-state index contributed by atoms with van der Waals surface area (Å²) in [4.78, 5) is 11.8. The van der Waals surface area contributed by atoms with Crippen molar-refractivity contribution in [3.63, 3.8) is 0 Å². The molecule has 4 heteroatoms. The summed E-state index contributed by atoms with van der Waals surface area (Å²) in [6.07, 6.45) is 4.55. The summed E-state index contributed by atoms with van der Waals surface area (Å²) >= 11 is 5.77. The predicted molar refractivity (Wildman–Crippen MR) is 72.3 cm³/mol. The van der Waals surface area contributed by atoms with Gasteiger partial charge in [-0.15, -0.1) is 0 Å². The highest BCUT2D eigenvalue weighted by atomic mass is 35.5. The largest absolute Gasteiger partial charge is 0.398 e. The Balaban J connectivity index is 2.42. The number of nitrogens with two attached hydrogens (primary N) is 1. The summed E-state index contributed by atoms with van der Waals surface area (Å²) in [5.74, 6) is -0.129. The predicted octanol–water partition coefficient (Wildman–Crippen LogP) is 3.23. The van der Waals surface area contributed by atoms with Gasteiger partial charge in [-0.2, -0.15) is 0 Å². The lowest BCUT2D eigenvalue weighted by Crippen LogP contribution is -2.25. The van der Waals surface area contributed by atoms with Crippen molar-refractivity contribution in [1.82, 2.24) is 5.32 Å². The van der Waals surface area contributed by atoms with E-state index in [1.54, 1.807) is 18.2 Å². The van der Waals surface area contributed by atoms with E-state index in [1.165, 1.54) is 12.8 Å². The van der Waals surface area contributed by atoms with E-state index >= 15 is 0 Å². The molecule has 0 radical (unpaired) electrons. The molecule has 17 heavy (non-hydrogen) atoms. The normalized spacial score (nSPS) is 10.2. The lowest BCUT2D eigenvalue weighted by atomic mass is 10.1. The minimum absolute atomic E-state index is 0.129. The zero-order valence-corrected chi connectivity index (χ0v) is 10.9. The number of hydrogen-bond acceptors (Lipinski definition) is 2. The molecule has 1 aromatic rings. The molecule has 0 aliphatic heterocycles. The van der Waals surface area contributed by atoms with Crippen molar-refractivity contribution in [2.75, 3.05) is 12.3 Å². The number of unbranched alkanes of at least 4 members (excludes halogenated alkanes) is 3. The zero-order chi connectivity index (χ0) is 12.7. The minimum Gasteiger partial charge on any atom is -0.398 e. The molecule has 0 heterocycles. The van der Waals surface area contributed by atoms with Crippen LogP contribution in [0.2, 0.25) is 5.02 Å². The van der Waals surface area contributed by atoms with Crippen LogP contribution in [0.5, 0.6) is 0 Å². The Morgan fingerprint density at radius 2 is 2.12 bits per heavy atom. The van der Waals surface area contributed by atoms with Crippen LogP contribution in [0.4, 0.5) is 5.69 Å². The van der Waals surface area contributed by atoms with Crippen LogP contribution in [-0.2, 0) is 0 Å². The van der Waals surface area contributed by atoms with E-state index in [9.17, 15) is 4.79 Å². The first-order valence-electron chi connectivity index (χ1n) is 5.98. The smallest absolute Gasteiger partial charge is 0.253 e. The molecule has 0 saturated carbocycles. The van der Waals surface area contributed by atoms with Crippen molar-refractivity contribution >= 4 is 23.2 Å². The molecule has 0 aromatic heterocycles. The quantitative estimate of drug-likeness (QED) is 0.605. The van der Waals surface area contributed by atoms with E-state index in [-0.39, 0.29) is 5.91 Å². The molecular weight excluding hydrogens is 236 g/mol. The molecule has 0 saturated heterocycles. The molecule has 0 fully saturated rings. The van der Waals surface area contributed by atoms with Crippen LogP contribution in [0.25, 0.3) is 0 Å². The van der Waals surface area contributed by atoms with Gasteiger partial charge in [0.2, 0.25) is 0 Å². The minimum atomic E-state index is -0.129. The van der Waals surface area contributed by atoms with Gasteiger partial charge in [0, 0.05) is 17.3 Å². The van der Waals surface area contributed by atoms with E-state index < -0.39 is 0 Å². The molecule has 94 valence electrons. The second-order valence-electron chi connectivity index (χ2n) is 4.05. The highest BCUT2D eigenvalue weighted by Crippen LogP contribution is 2.17. The second-order valence-corrected chi connectivity index (χ2v) is 4.48. The van der Waals surface area contributed by atoms with Gasteiger partial charge in [0.25, 0.3) is 5.91 Å². The molecule has 3 N–H and O–H groups in total. The van der Waals surface area contributed by atoms with Crippen LogP contribution in [0, 0.1) is 0 Å². The number of amides is 1. The monoisotopic (exact) mass is 254 g/mol. The molecule has 0 bridgehead atoms. The molecule has 0 aliphatic rings. The SMILES string of the molecule is CCCCCCNC(=O)c1ccc(Cl)cc1N. The molecule has 0 aliphatic carbocycles.